The molecule has 3 N–H and O–H groups in total. The SMILES string of the molecule is N=C(OC(=N)c1ccco1)c1cccc(NC(=O)c2cccc([N+](=O)[O-])c2F)c1. The number of hydrogen-bond donors (Lipinski definition) is 3. The number of nitrogens with zero attached hydrogens (tertiary/aromatic N) is 1. The van der Waals surface area contributed by atoms with Gasteiger partial charge in [0.15, 0.2) is 5.76 Å². The number of anilines is 1. The number of nitro benzene ring substituents is 1. The highest BCUT2D eigenvalue weighted by Crippen LogP contribution is 2.21. The summed E-state index contributed by atoms with van der Waals surface area (Å²) in [5.74, 6) is -2.73. The van der Waals surface area contributed by atoms with Gasteiger partial charge in [0.1, 0.15) is 0 Å². The molecule has 0 radical (unpaired) electrons. The molecule has 3 aromatic rings. The van der Waals surface area contributed by atoms with Crippen LogP contribution in [0.5, 0.6) is 0 Å². The second kappa shape index (κ2) is 8.13. The Balaban J connectivity index is 1.75. The number of ether oxygens (including phenoxy) is 1. The van der Waals surface area contributed by atoms with Gasteiger partial charge in [0, 0.05) is 17.3 Å². The predicted molar refractivity (Wildman–Crippen MR) is 101 cm³/mol. The van der Waals surface area contributed by atoms with Gasteiger partial charge in [-0.1, -0.05) is 12.1 Å². The average Bonchev–Trinajstić information content (AvgIpc) is 3.23. The molecule has 1 aromatic heterocycles. The fraction of sp³-hybridized carbons (Fsp3) is 0. The Bertz CT molecular complexity index is 1110. The third-order valence-electron chi connectivity index (χ3n) is 3.75. The van der Waals surface area contributed by atoms with Crippen LogP contribution in [0.3, 0.4) is 0 Å². The van der Waals surface area contributed by atoms with Gasteiger partial charge in [-0.25, -0.2) is 0 Å². The molecule has 0 atom stereocenters. The molecule has 9 nitrogen and oxygen atoms in total. The Morgan fingerprint density at radius 1 is 1.10 bits per heavy atom. The summed E-state index contributed by atoms with van der Waals surface area (Å²) in [5.41, 5.74) is -0.858. The molecule has 0 spiro atoms. The zero-order valence-electron chi connectivity index (χ0n) is 14.6. The molecule has 3 rings (SSSR count). The number of amides is 1. The van der Waals surface area contributed by atoms with Gasteiger partial charge >= 0.3 is 5.69 Å². The average molecular weight is 396 g/mol. The van der Waals surface area contributed by atoms with Crippen LogP contribution in [0.1, 0.15) is 21.7 Å². The molecule has 29 heavy (non-hydrogen) atoms. The molecule has 1 heterocycles. The molecule has 10 heteroatoms. The Kier molecular flexibility index (Phi) is 5.44. The summed E-state index contributed by atoms with van der Waals surface area (Å²) in [5, 5.41) is 29.0. The lowest BCUT2D eigenvalue weighted by Crippen LogP contribution is -2.16. The van der Waals surface area contributed by atoms with Gasteiger partial charge in [0.25, 0.3) is 11.8 Å². The molecule has 0 aliphatic carbocycles. The summed E-state index contributed by atoms with van der Waals surface area (Å²) in [6.07, 6.45) is 1.36. The maximum absolute atomic E-state index is 14.2. The molecular formula is C19H13FN4O5. The molecule has 0 fully saturated rings. The molecule has 0 aliphatic heterocycles. The number of furan rings is 1. The number of carbonyl (C=O) groups is 1. The van der Waals surface area contributed by atoms with Crippen molar-refractivity contribution < 1.29 is 23.3 Å². The van der Waals surface area contributed by atoms with Crippen molar-refractivity contribution in [3.8, 4) is 0 Å². The second-order valence-electron chi connectivity index (χ2n) is 5.67. The standard InChI is InChI=1S/C19H13FN4O5/c20-16-13(6-2-7-14(16)24(26)27)19(25)23-12-5-1-4-11(10-12)17(21)29-18(22)15-8-3-9-28-15/h1-10,21-22H,(H,23,25). The van der Waals surface area contributed by atoms with Crippen LogP contribution >= 0.6 is 0 Å². The van der Waals surface area contributed by atoms with Crippen LogP contribution in [-0.2, 0) is 4.74 Å². The van der Waals surface area contributed by atoms with Crippen molar-refractivity contribution in [3.05, 3.63) is 93.7 Å². The third-order valence-corrected chi connectivity index (χ3v) is 3.75. The third kappa shape index (κ3) is 4.33. The number of halogens is 1. The van der Waals surface area contributed by atoms with E-state index in [1.807, 2.05) is 0 Å². The van der Waals surface area contributed by atoms with Crippen LogP contribution in [0, 0.1) is 26.8 Å². The number of nitro groups is 1. The summed E-state index contributed by atoms with van der Waals surface area (Å²) >= 11 is 0. The van der Waals surface area contributed by atoms with Gasteiger partial charge in [-0.05, 0) is 36.4 Å². The van der Waals surface area contributed by atoms with E-state index in [0.717, 1.165) is 12.1 Å². The lowest BCUT2D eigenvalue weighted by Gasteiger charge is -2.10. The van der Waals surface area contributed by atoms with Gasteiger partial charge < -0.3 is 14.5 Å². The van der Waals surface area contributed by atoms with Crippen LogP contribution in [0.4, 0.5) is 15.8 Å². The first-order valence-electron chi connectivity index (χ1n) is 8.10. The lowest BCUT2D eigenvalue weighted by molar-refractivity contribution is -0.387. The first-order valence-corrected chi connectivity index (χ1v) is 8.10. The molecule has 0 saturated carbocycles. The fourth-order valence-electron chi connectivity index (χ4n) is 2.39. The topological polar surface area (TPSA) is 142 Å². The number of benzene rings is 2. The first kappa shape index (κ1) is 19.4. The summed E-state index contributed by atoms with van der Waals surface area (Å²) in [7, 11) is 0. The maximum Gasteiger partial charge on any atom is 0.305 e. The van der Waals surface area contributed by atoms with E-state index in [1.165, 1.54) is 42.7 Å². The van der Waals surface area contributed by atoms with Crippen molar-refractivity contribution in [1.82, 2.24) is 0 Å². The number of nitrogens with one attached hydrogen (secondary N) is 3. The molecular weight excluding hydrogens is 383 g/mol. The molecule has 0 saturated heterocycles. The van der Waals surface area contributed by atoms with Gasteiger partial charge in [0.2, 0.25) is 11.7 Å². The quantitative estimate of drug-likeness (QED) is 0.259. The summed E-state index contributed by atoms with van der Waals surface area (Å²) in [6, 6.07) is 12.3. The van der Waals surface area contributed by atoms with Gasteiger partial charge in [-0.3, -0.25) is 25.7 Å². The number of rotatable bonds is 5. The maximum atomic E-state index is 14.2. The van der Waals surface area contributed by atoms with Crippen molar-refractivity contribution in [1.29, 1.82) is 10.8 Å². The summed E-state index contributed by atoms with van der Waals surface area (Å²) in [6.45, 7) is 0. The van der Waals surface area contributed by atoms with Crippen molar-refractivity contribution in [2.45, 2.75) is 0 Å². The van der Waals surface area contributed by atoms with E-state index in [4.69, 9.17) is 20.0 Å². The van der Waals surface area contributed by atoms with E-state index in [2.05, 4.69) is 5.32 Å². The normalized spacial score (nSPS) is 10.2. The Morgan fingerprint density at radius 3 is 2.55 bits per heavy atom. The Hall–Kier alpha value is -4.34. The monoisotopic (exact) mass is 396 g/mol. The van der Waals surface area contributed by atoms with E-state index in [9.17, 15) is 19.3 Å². The van der Waals surface area contributed by atoms with E-state index in [1.54, 1.807) is 6.07 Å². The van der Waals surface area contributed by atoms with Gasteiger partial charge in [-0.2, -0.15) is 4.39 Å². The molecule has 1 amide bonds. The smallest absolute Gasteiger partial charge is 0.305 e. The van der Waals surface area contributed by atoms with Crippen LogP contribution in [0.15, 0.2) is 65.3 Å². The Morgan fingerprint density at radius 2 is 1.86 bits per heavy atom. The van der Waals surface area contributed by atoms with Gasteiger partial charge in [0.05, 0.1) is 16.7 Å². The van der Waals surface area contributed by atoms with E-state index in [-0.39, 0.29) is 28.8 Å². The largest absolute Gasteiger partial charge is 0.459 e. The molecule has 2 aromatic carbocycles. The second-order valence-corrected chi connectivity index (χ2v) is 5.67. The van der Waals surface area contributed by atoms with Gasteiger partial charge in [-0.15, -0.1) is 0 Å². The van der Waals surface area contributed by atoms with Crippen LogP contribution in [0.2, 0.25) is 0 Å². The number of hydrogen-bond acceptors (Lipinski definition) is 7. The minimum Gasteiger partial charge on any atom is -0.459 e. The van der Waals surface area contributed by atoms with E-state index in [0.29, 0.717) is 0 Å². The number of carbonyl (C=O) groups excluding carboxylic acids is 1. The van der Waals surface area contributed by atoms with Crippen LogP contribution in [-0.4, -0.2) is 22.6 Å². The minimum atomic E-state index is -1.24. The highest BCUT2D eigenvalue weighted by molar-refractivity contribution is 6.07. The zero-order chi connectivity index (χ0) is 21.0. The minimum absolute atomic E-state index is 0.139. The summed E-state index contributed by atoms with van der Waals surface area (Å²) in [4.78, 5) is 22.2. The molecule has 0 aliphatic rings. The van der Waals surface area contributed by atoms with Crippen molar-refractivity contribution >= 4 is 29.1 Å². The van der Waals surface area contributed by atoms with E-state index >= 15 is 0 Å². The predicted octanol–water partition coefficient (Wildman–Crippen LogP) is 3.95. The first-order chi connectivity index (χ1) is 13.9. The van der Waals surface area contributed by atoms with Crippen LogP contribution in [0.25, 0.3) is 0 Å². The van der Waals surface area contributed by atoms with Crippen molar-refractivity contribution in [2.24, 2.45) is 0 Å². The Labute approximate surface area is 162 Å². The van der Waals surface area contributed by atoms with Crippen molar-refractivity contribution in [2.75, 3.05) is 5.32 Å². The van der Waals surface area contributed by atoms with Crippen molar-refractivity contribution in [3.63, 3.8) is 0 Å². The van der Waals surface area contributed by atoms with E-state index < -0.39 is 27.9 Å². The fourth-order valence-corrected chi connectivity index (χ4v) is 2.39. The molecule has 0 bridgehead atoms. The lowest BCUT2D eigenvalue weighted by atomic mass is 10.1. The molecule has 0 unspecified atom stereocenters. The van der Waals surface area contributed by atoms with Crippen LogP contribution < -0.4 is 5.32 Å². The highest BCUT2D eigenvalue weighted by atomic mass is 19.1. The highest BCUT2D eigenvalue weighted by Gasteiger charge is 2.22. The molecule has 146 valence electrons. The zero-order valence-corrected chi connectivity index (χ0v) is 14.6. The summed E-state index contributed by atoms with van der Waals surface area (Å²) < 4.78 is 24.3.